The molecular formula is C15H17F6N3O6. The van der Waals surface area contributed by atoms with E-state index in [1.54, 1.807) is 12.1 Å². The van der Waals surface area contributed by atoms with Crippen LogP contribution in [0.2, 0.25) is 0 Å². The molecule has 0 radical (unpaired) electrons. The van der Waals surface area contributed by atoms with Crippen molar-refractivity contribution < 1.29 is 51.1 Å². The number of carboxylic acids is 2. The third-order valence-corrected chi connectivity index (χ3v) is 3.28. The maximum absolute atomic E-state index is 10.8. The molecule has 2 rings (SSSR count). The Balaban J connectivity index is 0.000000503. The van der Waals surface area contributed by atoms with Crippen LogP contribution in [0.1, 0.15) is 5.56 Å². The molecule has 1 fully saturated rings. The first-order chi connectivity index (χ1) is 13.7. The molecule has 1 aliphatic rings. The number of carbonyl (C=O) groups is 2. The number of rotatable bonds is 3. The second kappa shape index (κ2) is 11.9. The van der Waals surface area contributed by atoms with E-state index in [1.165, 1.54) is 0 Å². The van der Waals surface area contributed by atoms with Crippen LogP contribution in [0.3, 0.4) is 0 Å². The van der Waals surface area contributed by atoms with Gasteiger partial charge in [-0.15, -0.1) is 0 Å². The van der Waals surface area contributed by atoms with Crippen LogP contribution in [0.4, 0.5) is 32.0 Å². The number of hydrogen-bond acceptors (Lipinski definition) is 6. The number of nitrogens with zero attached hydrogens (tertiary/aromatic N) is 2. The summed E-state index contributed by atoms with van der Waals surface area (Å²) in [4.78, 5) is 30.6. The minimum atomic E-state index is -5.08. The van der Waals surface area contributed by atoms with Gasteiger partial charge in [0.15, 0.2) is 0 Å². The van der Waals surface area contributed by atoms with Crippen molar-refractivity contribution in [3.8, 4) is 0 Å². The first-order valence-electron chi connectivity index (χ1n) is 7.91. The van der Waals surface area contributed by atoms with Crippen molar-refractivity contribution in [3.05, 3.63) is 39.9 Å². The maximum Gasteiger partial charge on any atom is 0.490 e. The summed E-state index contributed by atoms with van der Waals surface area (Å²) < 4.78 is 63.5. The van der Waals surface area contributed by atoms with Gasteiger partial charge in [0, 0.05) is 44.4 Å². The van der Waals surface area contributed by atoms with Gasteiger partial charge < -0.3 is 15.5 Å². The lowest BCUT2D eigenvalue weighted by molar-refractivity contribution is -0.385. The van der Waals surface area contributed by atoms with Crippen LogP contribution in [-0.2, 0) is 16.1 Å². The smallest absolute Gasteiger partial charge is 0.475 e. The average Bonchev–Trinajstić information content (AvgIpc) is 2.62. The van der Waals surface area contributed by atoms with Gasteiger partial charge >= 0.3 is 24.3 Å². The van der Waals surface area contributed by atoms with Crippen molar-refractivity contribution in [3.63, 3.8) is 0 Å². The van der Waals surface area contributed by atoms with E-state index >= 15 is 0 Å². The number of hydrogen-bond donors (Lipinski definition) is 3. The van der Waals surface area contributed by atoms with Crippen LogP contribution in [0.5, 0.6) is 0 Å². The predicted molar refractivity (Wildman–Crippen MR) is 88.6 cm³/mol. The molecule has 0 saturated carbocycles. The average molecular weight is 449 g/mol. The van der Waals surface area contributed by atoms with Gasteiger partial charge in [-0.25, -0.2) is 9.59 Å². The Morgan fingerprint density at radius 2 is 1.40 bits per heavy atom. The Bertz CT molecular complexity index is 696. The van der Waals surface area contributed by atoms with Crippen LogP contribution in [0.25, 0.3) is 0 Å². The van der Waals surface area contributed by atoms with E-state index in [1.807, 2.05) is 12.1 Å². The number of carboxylic acid groups (broad SMARTS) is 2. The second-order valence-corrected chi connectivity index (χ2v) is 5.52. The van der Waals surface area contributed by atoms with Gasteiger partial charge in [-0.2, -0.15) is 26.3 Å². The van der Waals surface area contributed by atoms with Gasteiger partial charge in [-0.3, -0.25) is 15.0 Å². The minimum absolute atomic E-state index is 0.223. The summed E-state index contributed by atoms with van der Waals surface area (Å²) >= 11 is 0. The molecule has 0 aromatic heterocycles. The van der Waals surface area contributed by atoms with Crippen molar-refractivity contribution in [2.24, 2.45) is 0 Å². The maximum atomic E-state index is 10.8. The van der Waals surface area contributed by atoms with Gasteiger partial charge in [-0.05, 0) is 0 Å². The molecular weight excluding hydrogens is 432 g/mol. The summed E-state index contributed by atoms with van der Waals surface area (Å²) in [6.07, 6.45) is -10.2. The lowest BCUT2D eigenvalue weighted by Crippen LogP contribution is -2.42. The minimum Gasteiger partial charge on any atom is -0.475 e. The normalized spacial score (nSPS) is 14.5. The summed E-state index contributed by atoms with van der Waals surface area (Å²) in [6, 6.07) is 6.96. The lowest BCUT2D eigenvalue weighted by atomic mass is 10.1. The van der Waals surface area contributed by atoms with Gasteiger partial charge in [0.25, 0.3) is 5.69 Å². The second-order valence-electron chi connectivity index (χ2n) is 5.52. The molecule has 9 nitrogen and oxygen atoms in total. The third kappa shape index (κ3) is 11.2. The molecule has 1 aromatic carbocycles. The molecule has 0 spiro atoms. The zero-order valence-electron chi connectivity index (χ0n) is 15.0. The standard InChI is InChI=1S/C11H15N3O2.2C2HF3O2/c15-14(16)11-4-2-1-3-10(11)9-13-7-5-12-6-8-13;2*3-2(4,5)1(6)7/h1-4,12H,5-9H2;2*(H,6,7). The van der Waals surface area contributed by atoms with E-state index in [0.717, 1.165) is 31.7 Å². The van der Waals surface area contributed by atoms with Crippen LogP contribution >= 0.6 is 0 Å². The Kier molecular flexibility index (Phi) is 10.7. The highest BCUT2D eigenvalue weighted by atomic mass is 19.4. The predicted octanol–water partition coefficient (Wildman–Crippen LogP) is 2.27. The van der Waals surface area contributed by atoms with Crippen molar-refractivity contribution >= 4 is 17.6 Å². The van der Waals surface area contributed by atoms with Gasteiger partial charge in [-0.1, -0.05) is 18.2 Å². The number of halogens is 6. The van der Waals surface area contributed by atoms with Gasteiger partial charge in [0.1, 0.15) is 0 Å². The fraction of sp³-hybridized carbons (Fsp3) is 0.467. The number of nitrogens with one attached hydrogen (secondary N) is 1. The number of benzene rings is 1. The number of para-hydroxylation sites is 1. The summed E-state index contributed by atoms with van der Waals surface area (Å²) in [5.74, 6) is -5.51. The molecule has 0 amide bonds. The van der Waals surface area contributed by atoms with Crippen LogP contribution < -0.4 is 5.32 Å². The molecule has 1 heterocycles. The van der Waals surface area contributed by atoms with Crippen molar-refractivity contribution in [1.29, 1.82) is 0 Å². The van der Waals surface area contributed by atoms with Crippen LogP contribution in [0.15, 0.2) is 24.3 Å². The number of nitro groups is 1. The highest BCUT2D eigenvalue weighted by molar-refractivity contribution is 5.73. The first kappa shape index (κ1) is 27.1. The molecule has 1 aromatic rings. The van der Waals surface area contributed by atoms with E-state index in [0.29, 0.717) is 6.54 Å². The van der Waals surface area contributed by atoms with E-state index in [2.05, 4.69) is 10.2 Å². The van der Waals surface area contributed by atoms with Crippen molar-refractivity contribution in [2.45, 2.75) is 18.9 Å². The zero-order chi connectivity index (χ0) is 23.5. The molecule has 170 valence electrons. The first-order valence-corrected chi connectivity index (χ1v) is 7.91. The molecule has 15 heteroatoms. The summed E-state index contributed by atoms with van der Waals surface area (Å²) in [5.41, 5.74) is 1.02. The Hall–Kier alpha value is -2.94. The number of aliphatic carboxylic acids is 2. The van der Waals surface area contributed by atoms with E-state index in [-0.39, 0.29) is 10.6 Å². The topological polar surface area (TPSA) is 133 Å². The van der Waals surface area contributed by atoms with Gasteiger partial charge in [0.2, 0.25) is 0 Å². The van der Waals surface area contributed by atoms with Gasteiger partial charge in [0.05, 0.1) is 4.92 Å². The fourth-order valence-electron chi connectivity index (χ4n) is 1.93. The van der Waals surface area contributed by atoms with Crippen molar-refractivity contribution in [1.82, 2.24) is 10.2 Å². The molecule has 0 unspecified atom stereocenters. The molecule has 3 N–H and O–H groups in total. The monoisotopic (exact) mass is 449 g/mol. The molecule has 30 heavy (non-hydrogen) atoms. The van der Waals surface area contributed by atoms with Crippen molar-refractivity contribution in [2.75, 3.05) is 26.2 Å². The zero-order valence-corrected chi connectivity index (χ0v) is 15.0. The number of nitro benzene ring substituents is 1. The molecule has 0 aliphatic carbocycles. The highest BCUT2D eigenvalue weighted by Gasteiger charge is 2.38. The van der Waals surface area contributed by atoms with E-state index < -0.39 is 24.3 Å². The molecule has 0 bridgehead atoms. The number of alkyl halides is 6. The Morgan fingerprint density at radius 3 is 1.77 bits per heavy atom. The summed E-state index contributed by atoms with van der Waals surface area (Å²) in [6.45, 7) is 4.48. The number of piperazine rings is 1. The Labute approximate surface area is 165 Å². The lowest BCUT2D eigenvalue weighted by Gasteiger charge is -2.26. The fourth-order valence-corrected chi connectivity index (χ4v) is 1.93. The largest absolute Gasteiger partial charge is 0.490 e. The summed E-state index contributed by atoms with van der Waals surface area (Å²) in [7, 11) is 0. The van der Waals surface area contributed by atoms with Crippen LogP contribution in [-0.4, -0.2) is 70.5 Å². The van der Waals surface area contributed by atoms with E-state index in [4.69, 9.17) is 19.8 Å². The SMILES string of the molecule is O=C(O)C(F)(F)F.O=C(O)C(F)(F)F.O=[N+]([O-])c1ccccc1CN1CCNCC1. The van der Waals surface area contributed by atoms with Crippen LogP contribution in [0, 0.1) is 10.1 Å². The summed E-state index contributed by atoms with van der Waals surface area (Å²) in [5, 5.41) is 28.4. The Morgan fingerprint density at radius 1 is 1.00 bits per heavy atom. The molecule has 1 saturated heterocycles. The highest BCUT2D eigenvalue weighted by Crippen LogP contribution is 2.19. The quantitative estimate of drug-likeness (QED) is 0.364. The molecule has 0 atom stereocenters. The third-order valence-electron chi connectivity index (χ3n) is 3.28. The van der Waals surface area contributed by atoms with E-state index in [9.17, 15) is 36.5 Å². The molecule has 1 aliphatic heterocycles.